The summed E-state index contributed by atoms with van der Waals surface area (Å²) in [7, 11) is 0. The summed E-state index contributed by atoms with van der Waals surface area (Å²) in [6.07, 6.45) is 1.28. The second-order valence-electron chi connectivity index (χ2n) is 5.44. The van der Waals surface area contributed by atoms with Crippen molar-refractivity contribution in [3.05, 3.63) is 0 Å². The normalized spacial score (nSPS) is 26.8. The van der Waals surface area contributed by atoms with E-state index < -0.39 is 11.6 Å². The summed E-state index contributed by atoms with van der Waals surface area (Å²) in [5.74, 6) is -0.367. The van der Waals surface area contributed by atoms with Gasteiger partial charge in [0, 0.05) is 12.6 Å². The molecule has 2 rings (SSSR count). The maximum absolute atomic E-state index is 12.0. The Hall–Kier alpha value is -1.63. The van der Waals surface area contributed by atoms with E-state index in [0.717, 1.165) is 0 Å². The van der Waals surface area contributed by atoms with Gasteiger partial charge in [-0.1, -0.05) is 13.8 Å². The number of urea groups is 1. The first-order valence-corrected chi connectivity index (χ1v) is 6.58. The number of hydrogen-bond donors (Lipinski definition) is 3. The third-order valence-corrected chi connectivity index (χ3v) is 3.52. The molecule has 19 heavy (non-hydrogen) atoms. The zero-order valence-electron chi connectivity index (χ0n) is 11.3. The molecule has 1 atom stereocenters. The van der Waals surface area contributed by atoms with Crippen LogP contribution < -0.4 is 16.0 Å². The minimum absolute atomic E-state index is 0.0401. The van der Waals surface area contributed by atoms with Crippen LogP contribution in [0, 0.1) is 0 Å². The summed E-state index contributed by atoms with van der Waals surface area (Å²) in [6.45, 7) is 5.07. The van der Waals surface area contributed by atoms with Crippen molar-refractivity contribution in [1.29, 1.82) is 0 Å². The molecule has 2 fully saturated rings. The van der Waals surface area contributed by atoms with Crippen molar-refractivity contribution in [2.75, 3.05) is 19.6 Å². The first-order valence-electron chi connectivity index (χ1n) is 6.58. The fourth-order valence-electron chi connectivity index (χ4n) is 2.49. The van der Waals surface area contributed by atoms with Crippen molar-refractivity contribution in [3.63, 3.8) is 0 Å². The summed E-state index contributed by atoms with van der Waals surface area (Å²) in [4.78, 5) is 36.8. The lowest BCUT2D eigenvalue weighted by Gasteiger charge is -2.38. The number of likely N-dealkylation sites (tertiary alicyclic amines) is 1. The van der Waals surface area contributed by atoms with E-state index in [-0.39, 0.29) is 30.9 Å². The van der Waals surface area contributed by atoms with Crippen molar-refractivity contribution in [2.45, 2.75) is 38.3 Å². The number of rotatable bonds is 3. The number of nitrogens with one attached hydrogen (secondary N) is 3. The fourth-order valence-corrected chi connectivity index (χ4v) is 2.49. The van der Waals surface area contributed by atoms with Gasteiger partial charge in [-0.25, -0.2) is 4.79 Å². The van der Waals surface area contributed by atoms with Gasteiger partial charge in [0.1, 0.15) is 5.54 Å². The lowest BCUT2D eigenvalue weighted by Crippen LogP contribution is -2.60. The fraction of sp³-hybridized carbons (Fsp3) is 0.750. The van der Waals surface area contributed by atoms with E-state index in [1.54, 1.807) is 4.90 Å². The number of piperidine rings is 1. The Bertz CT molecular complexity index is 410. The highest BCUT2D eigenvalue weighted by molar-refractivity contribution is 6.07. The number of nitrogens with zero attached hydrogens (tertiary/aromatic N) is 1. The van der Waals surface area contributed by atoms with Gasteiger partial charge in [0.15, 0.2) is 0 Å². The highest BCUT2D eigenvalue weighted by Gasteiger charge is 2.49. The maximum atomic E-state index is 12.0. The van der Waals surface area contributed by atoms with Crippen LogP contribution in [0.25, 0.3) is 0 Å². The van der Waals surface area contributed by atoms with Crippen LogP contribution in [-0.4, -0.2) is 54.0 Å². The topological polar surface area (TPSA) is 90.5 Å². The minimum Gasteiger partial charge on any atom is -0.339 e. The van der Waals surface area contributed by atoms with Crippen LogP contribution in [-0.2, 0) is 9.59 Å². The third-order valence-electron chi connectivity index (χ3n) is 3.52. The Kier molecular flexibility index (Phi) is 3.75. The maximum Gasteiger partial charge on any atom is 0.322 e. The molecule has 7 nitrogen and oxygen atoms in total. The lowest BCUT2D eigenvalue weighted by atomic mass is 9.89. The molecule has 4 amide bonds. The molecule has 1 unspecified atom stereocenters. The van der Waals surface area contributed by atoms with E-state index in [1.165, 1.54) is 0 Å². The van der Waals surface area contributed by atoms with Gasteiger partial charge in [0.05, 0.1) is 13.1 Å². The summed E-state index contributed by atoms with van der Waals surface area (Å²) >= 11 is 0. The molecular formula is C12H20N4O3. The van der Waals surface area contributed by atoms with Crippen LogP contribution >= 0.6 is 0 Å². The molecule has 3 N–H and O–H groups in total. The van der Waals surface area contributed by atoms with Crippen LogP contribution in [0.4, 0.5) is 4.79 Å². The van der Waals surface area contributed by atoms with Gasteiger partial charge in [0.25, 0.3) is 5.91 Å². The van der Waals surface area contributed by atoms with Gasteiger partial charge in [-0.2, -0.15) is 0 Å². The zero-order valence-corrected chi connectivity index (χ0v) is 11.3. The van der Waals surface area contributed by atoms with Gasteiger partial charge in [0.2, 0.25) is 5.91 Å². The number of hydrogen-bond acceptors (Lipinski definition) is 4. The Balaban J connectivity index is 1.99. The van der Waals surface area contributed by atoms with E-state index >= 15 is 0 Å². The molecule has 0 aliphatic carbocycles. The average Bonchev–Trinajstić information content (AvgIpc) is 2.61. The predicted octanol–water partition coefficient (Wildman–Crippen LogP) is -0.815. The van der Waals surface area contributed by atoms with Crippen molar-refractivity contribution >= 4 is 17.8 Å². The number of imide groups is 1. The average molecular weight is 268 g/mol. The molecule has 7 heteroatoms. The van der Waals surface area contributed by atoms with Crippen molar-refractivity contribution < 1.29 is 14.4 Å². The summed E-state index contributed by atoms with van der Waals surface area (Å²) in [5, 5.41) is 7.96. The molecule has 2 saturated heterocycles. The Labute approximate surface area is 112 Å². The largest absolute Gasteiger partial charge is 0.339 e. The molecule has 1 spiro atoms. The van der Waals surface area contributed by atoms with Gasteiger partial charge in [-0.05, 0) is 12.8 Å². The Morgan fingerprint density at radius 3 is 2.79 bits per heavy atom. The number of carbonyl (C=O) groups is 3. The monoisotopic (exact) mass is 268 g/mol. The quantitative estimate of drug-likeness (QED) is 0.584. The Morgan fingerprint density at radius 1 is 1.47 bits per heavy atom. The van der Waals surface area contributed by atoms with Gasteiger partial charge in [-0.15, -0.1) is 0 Å². The smallest absolute Gasteiger partial charge is 0.322 e. The number of carbonyl (C=O) groups excluding carboxylic acids is 3. The van der Waals surface area contributed by atoms with Crippen molar-refractivity contribution in [1.82, 2.24) is 20.9 Å². The summed E-state index contributed by atoms with van der Waals surface area (Å²) in [5.41, 5.74) is -0.928. The van der Waals surface area contributed by atoms with Crippen LogP contribution in [0.15, 0.2) is 0 Å². The third kappa shape index (κ3) is 2.86. The summed E-state index contributed by atoms with van der Waals surface area (Å²) in [6, 6.07) is -0.239. The second kappa shape index (κ2) is 5.16. The van der Waals surface area contributed by atoms with E-state index in [0.29, 0.717) is 19.4 Å². The molecule has 0 aromatic carbocycles. The molecule has 0 aromatic heterocycles. The highest BCUT2D eigenvalue weighted by atomic mass is 16.2. The van der Waals surface area contributed by atoms with Crippen molar-refractivity contribution in [3.8, 4) is 0 Å². The molecule has 106 valence electrons. The standard InChI is InChI=1S/C12H20N4O3/c1-8(2)13-6-9(17)16-5-3-4-12(7-16)10(18)14-11(19)15-12/h8,13H,3-7H2,1-2H3,(H2,14,15,18,19). The van der Waals surface area contributed by atoms with Crippen LogP contribution in [0.5, 0.6) is 0 Å². The van der Waals surface area contributed by atoms with Gasteiger partial charge < -0.3 is 15.5 Å². The first kappa shape index (κ1) is 13.8. The SMILES string of the molecule is CC(C)NCC(=O)N1CCCC2(C1)NC(=O)NC2=O. The van der Waals surface area contributed by atoms with Gasteiger partial charge in [-0.3, -0.25) is 14.9 Å². The molecule has 0 aromatic rings. The molecule has 2 heterocycles. The van der Waals surface area contributed by atoms with E-state index in [4.69, 9.17) is 0 Å². The predicted molar refractivity (Wildman–Crippen MR) is 68.4 cm³/mol. The first-order chi connectivity index (χ1) is 8.93. The zero-order chi connectivity index (χ0) is 14.0. The molecule has 2 aliphatic heterocycles. The van der Waals surface area contributed by atoms with Crippen molar-refractivity contribution in [2.24, 2.45) is 0 Å². The molecular weight excluding hydrogens is 248 g/mol. The molecule has 0 saturated carbocycles. The number of amides is 4. The summed E-state index contributed by atoms with van der Waals surface area (Å²) < 4.78 is 0. The van der Waals surface area contributed by atoms with Crippen LogP contribution in [0.1, 0.15) is 26.7 Å². The van der Waals surface area contributed by atoms with E-state index in [1.807, 2.05) is 13.8 Å². The van der Waals surface area contributed by atoms with E-state index in [9.17, 15) is 14.4 Å². The minimum atomic E-state index is -0.928. The highest BCUT2D eigenvalue weighted by Crippen LogP contribution is 2.24. The second-order valence-corrected chi connectivity index (χ2v) is 5.44. The molecule has 0 radical (unpaired) electrons. The van der Waals surface area contributed by atoms with Gasteiger partial charge >= 0.3 is 6.03 Å². The molecule has 2 aliphatic rings. The lowest BCUT2D eigenvalue weighted by molar-refractivity contribution is -0.135. The van der Waals surface area contributed by atoms with Crippen LogP contribution in [0.2, 0.25) is 0 Å². The van der Waals surface area contributed by atoms with Crippen LogP contribution in [0.3, 0.4) is 0 Å². The molecule has 0 bridgehead atoms. The van der Waals surface area contributed by atoms with E-state index in [2.05, 4.69) is 16.0 Å². The Morgan fingerprint density at radius 2 is 2.21 bits per heavy atom.